The molecule has 72 valence electrons. The normalized spacial score (nSPS) is 10.6. The number of hydrogen-bond acceptors (Lipinski definition) is 3. The fraction of sp³-hybridized carbons (Fsp3) is 0. The molecule has 3 nitrogen and oxygen atoms in total. The molecule has 14 heavy (non-hydrogen) atoms. The smallest absolute Gasteiger partial charge is 0.337 e. The third kappa shape index (κ3) is 1.46. The van der Waals surface area contributed by atoms with Crippen LogP contribution in [-0.2, 0) is 0 Å². The number of aromatic carboxylic acids is 1. The first kappa shape index (κ1) is 9.72. The van der Waals surface area contributed by atoms with Crippen molar-refractivity contribution in [1.82, 2.24) is 0 Å². The minimum absolute atomic E-state index is 0.0998. The number of aromatic hydroxyl groups is 1. The van der Waals surface area contributed by atoms with E-state index in [9.17, 15) is 9.90 Å². The van der Waals surface area contributed by atoms with E-state index in [2.05, 4.69) is 22.6 Å². The first-order chi connectivity index (χ1) is 6.59. The zero-order valence-corrected chi connectivity index (χ0v) is 9.79. The predicted molar refractivity (Wildman–Crippen MR) is 63.2 cm³/mol. The number of carboxylic acid groups (broad SMARTS) is 1. The first-order valence-corrected chi connectivity index (χ1v) is 5.68. The molecule has 0 radical (unpaired) electrons. The van der Waals surface area contributed by atoms with Gasteiger partial charge in [0.25, 0.3) is 0 Å². The molecule has 2 aromatic rings. The molecule has 0 unspecified atom stereocenters. The Bertz CT molecular complexity index is 518. The van der Waals surface area contributed by atoms with Gasteiger partial charge in [0, 0.05) is 19.0 Å². The molecule has 0 saturated heterocycles. The molecule has 0 bridgehead atoms. The maximum atomic E-state index is 10.8. The molecule has 1 aromatic carbocycles. The Balaban J connectivity index is 2.85. The lowest BCUT2D eigenvalue weighted by Gasteiger charge is -1.97. The number of fused-ring (bicyclic) bond motifs is 1. The lowest BCUT2D eigenvalue weighted by molar-refractivity contribution is 0.0699. The van der Waals surface area contributed by atoms with Gasteiger partial charge in [0.2, 0.25) is 0 Å². The van der Waals surface area contributed by atoms with Crippen LogP contribution in [0.4, 0.5) is 0 Å². The van der Waals surface area contributed by atoms with Gasteiger partial charge >= 0.3 is 5.97 Å². The maximum Gasteiger partial charge on any atom is 0.337 e. The summed E-state index contributed by atoms with van der Waals surface area (Å²) in [7, 11) is 0. The van der Waals surface area contributed by atoms with E-state index in [1.165, 1.54) is 17.4 Å². The van der Waals surface area contributed by atoms with E-state index in [-0.39, 0.29) is 11.3 Å². The van der Waals surface area contributed by atoms with E-state index >= 15 is 0 Å². The molecule has 1 aromatic heterocycles. The SMILES string of the molecule is O=C(O)c1csc2c(I)cc(O)cc12. The highest BCUT2D eigenvalue weighted by Gasteiger charge is 2.13. The van der Waals surface area contributed by atoms with E-state index in [1.54, 1.807) is 11.4 Å². The van der Waals surface area contributed by atoms with Crippen molar-refractivity contribution in [2.24, 2.45) is 0 Å². The van der Waals surface area contributed by atoms with Crippen LogP contribution in [0.3, 0.4) is 0 Å². The summed E-state index contributed by atoms with van der Waals surface area (Å²) in [6.07, 6.45) is 0. The fourth-order valence-electron chi connectivity index (χ4n) is 1.25. The van der Waals surface area contributed by atoms with Crippen LogP contribution >= 0.6 is 33.9 Å². The minimum atomic E-state index is -0.961. The number of phenolic OH excluding ortho intramolecular Hbond substituents is 1. The van der Waals surface area contributed by atoms with E-state index < -0.39 is 5.97 Å². The maximum absolute atomic E-state index is 10.8. The van der Waals surface area contributed by atoms with Crippen LogP contribution in [0.15, 0.2) is 17.5 Å². The molecule has 0 aliphatic carbocycles. The van der Waals surface area contributed by atoms with Gasteiger partial charge in [0.1, 0.15) is 5.75 Å². The Hall–Kier alpha value is -0.820. The molecule has 2 N–H and O–H groups in total. The van der Waals surface area contributed by atoms with Crippen molar-refractivity contribution in [1.29, 1.82) is 0 Å². The molecule has 5 heteroatoms. The molecule has 0 aliphatic rings. The number of phenols is 1. The van der Waals surface area contributed by atoms with Gasteiger partial charge in [-0.05, 0) is 34.7 Å². The van der Waals surface area contributed by atoms with Gasteiger partial charge in [0.15, 0.2) is 0 Å². The van der Waals surface area contributed by atoms with Gasteiger partial charge in [-0.3, -0.25) is 0 Å². The van der Waals surface area contributed by atoms with Crippen LogP contribution in [0.25, 0.3) is 10.1 Å². The molecule has 0 spiro atoms. The Morgan fingerprint density at radius 3 is 2.79 bits per heavy atom. The summed E-state index contributed by atoms with van der Waals surface area (Å²) in [4.78, 5) is 10.8. The number of carboxylic acids is 1. The summed E-state index contributed by atoms with van der Waals surface area (Å²) < 4.78 is 1.77. The molecule has 0 fully saturated rings. The predicted octanol–water partition coefficient (Wildman–Crippen LogP) is 2.91. The van der Waals surface area contributed by atoms with Crippen LogP contribution < -0.4 is 0 Å². The number of rotatable bonds is 1. The van der Waals surface area contributed by atoms with Crippen molar-refractivity contribution in [2.75, 3.05) is 0 Å². The molecular weight excluding hydrogens is 315 g/mol. The lowest BCUT2D eigenvalue weighted by Crippen LogP contribution is -1.93. The summed E-state index contributed by atoms with van der Waals surface area (Å²) in [6, 6.07) is 3.10. The van der Waals surface area contributed by atoms with Gasteiger partial charge in [-0.2, -0.15) is 0 Å². The number of carbonyl (C=O) groups is 1. The van der Waals surface area contributed by atoms with Crippen LogP contribution in [0.5, 0.6) is 5.75 Å². The van der Waals surface area contributed by atoms with E-state index in [0.717, 1.165) is 8.27 Å². The van der Waals surface area contributed by atoms with E-state index in [0.29, 0.717) is 5.39 Å². The Morgan fingerprint density at radius 2 is 2.14 bits per heavy atom. The van der Waals surface area contributed by atoms with Gasteiger partial charge in [-0.1, -0.05) is 0 Å². The third-order valence-corrected chi connectivity index (χ3v) is 4.09. The second-order valence-corrected chi connectivity index (χ2v) is 4.80. The van der Waals surface area contributed by atoms with Crippen molar-refractivity contribution in [3.8, 4) is 5.75 Å². The summed E-state index contributed by atoms with van der Waals surface area (Å²) in [6.45, 7) is 0. The molecule has 0 saturated carbocycles. The summed E-state index contributed by atoms with van der Waals surface area (Å²) >= 11 is 3.46. The van der Waals surface area contributed by atoms with Crippen LogP contribution in [-0.4, -0.2) is 16.2 Å². The molecule has 0 amide bonds. The molecule has 2 rings (SSSR count). The summed E-state index contributed by atoms with van der Waals surface area (Å²) in [5, 5.41) is 20.4. The average molecular weight is 320 g/mol. The Morgan fingerprint density at radius 1 is 1.43 bits per heavy atom. The second-order valence-electron chi connectivity index (χ2n) is 2.76. The van der Waals surface area contributed by atoms with Crippen LogP contribution in [0, 0.1) is 3.57 Å². The van der Waals surface area contributed by atoms with Crippen LogP contribution in [0.2, 0.25) is 0 Å². The monoisotopic (exact) mass is 320 g/mol. The quantitative estimate of drug-likeness (QED) is 0.795. The van der Waals surface area contributed by atoms with Crippen molar-refractivity contribution in [2.45, 2.75) is 0 Å². The fourth-order valence-corrected chi connectivity index (χ4v) is 3.17. The molecule has 0 atom stereocenters. The minimum Gasteiger partial charge on any atom is -0.508 e. The standard InChI is InChI=1S/C9H5IO3S/c10-7-2-4(11)1-5-6(9(12)13)3-14-8(5)7/h1-3,11H,(H,12,13). The lowest BCUT2D eigenvalue weighted by atomic mass is 10.2. The van der Waals surface area contributed by atoms with Crippen LogP contribution in [0.1, 0.15) is 10.4 Å². The topological polar surface area (TPSA) is 57.5 Å². The van der Waals surface area contributed by atoms with E-state index in [4.69, 9.17) is 5.11 Å². The highest BCUT2D eigenvalue weighted by atomic mass is 127. The van der Waals surface area contributed by atoms with Crippen molar-refractivity contribution < 1.29 is 15.0 Å². The van der Waals surface area contributed by atoms with E-state index in [1.807, 2.05) is 0 Å². The van der Waals surface area contributed by atoms with Gasteiger partial charge in [0.05, 0.1) is 5.56 Å². The zero-order valence-electron chi connectivity index (χ0n) is 6.82. The molecule has 0 aliphatic heterocycles. The zero-order chi connectivity index (χ0) is 10.3. The second kappa shape index (κ2) is 3.39. The Kier molecular flexibility index (Phi) is 2.36. The first-order valence-electron chi connectivity index (χ1n) is 3.72. The third-order valence-electron chi connectivity index (χ3n) is 1.84. The average Bonchev–Trinajstić information content (AvgIpc) is 2.47. The van der Waals surface area contributed by atoms with Crippen molar-refractivity contribution in [3.63, 3.8) is 0 Å². The van der Waals surface area contributed by atoms with Crippen molar-refractivity contribution >= 4 is 50.0 Å². The summed E-state index contributed by atoms with van der Waals surface area (Å²) in [5.41, 5.74) is 0.249. The Labute approximate surface area is 97.1 Å². The number of thiophene rings is 1. The van der Waals surface area contributed by atoms with Crippen molar-refractivity contribution in [3.05, 3.63) is 26.6 Å². The largest absolute Gasteiger partial charge is 0.508 e. The number of benzene rings is 1. The highest BCUT2D eigenvalue weighted by Crippen LogP contribution is 2.33. The van der Waals surface area contributed by atoms with Gasteiger partial charge in [-0.15, -0.1) is 11.3 Å². The molecular formula is C9H5IO3S. The van der Waals surface area contributed by atoms with Gasteiger partial charge < -0.3 is 10.2 Å². The number of halogens is 1. The highest BCUT2D eigenvalue weighted by molar-refractivity contribution is 14.1. The number of hydrogen-bond donors (Lipinski definition) is 2. The molecule has 1 heterocycles. The summed E-state index contributed by atoms with van der Waals surface area (Å²) in [5.74, 6) is -0.861. The van der Waals surface area contributed by atoms with Gasteiger partial charge in [-0.25, -0.2) is 4.79 Å².